The van der Waals surface area contributed by atoms with Gasteiger partial charge in [0.05, 0.1) is 0 Å². The van der Waals surface area contributed by atoms with Crippen LogP contribution in [0.15, 0.2) is 52.0 Å². The summed E-state index contributed by atoms with van der Waals surface area (Å²) in [5, 5.41) is 7.44. The first-order valence-corrected chi connectivity index (χ1v) is 8.38. The second-order valence-corrected chi connectivity index (χ2v) is 7.15. The molecule has 0 atom stereocenters. The van der Waals surface area contributed by atoms with Gasteiger partial charge in [0.15, 0.2) is 5.52 Å². The summed E-state index contributed by atoms with van der Waals surface area (Å²) in [5.74, 6) is 0. The average Bonchev–Trinajstić information content (AvgIpc) is 3.02. The molecule has 0 bridgehead atoms. The molecule has 0 N–H and O–H groups in total. The Hall–Kier alpha value is -2.25. The Morgan fingerprint density at radius 1 is 1.00 bits per heavy atom. The van der Waals surface area contributed by atoms with Gasteiger partial charge in [-0.05, 0) is 40.0 Å². The Kier molecular flexibility index (Phi) is 2.98. The van der Waals surface area contributed by atoms with Gasteiger partial charge in [0, 0.05) is 13.1 Å². The minimum Gasteiger partial charge on any atom is -0.243 e. The zero-order chi connectivity index (χ0) is 15.2. The molecule has 1 aliphatic heterocycles. The fraction of sp³-hybridized carbons (Fsp3) is 0.200. The molecule has 0 spiro atoms. The van der Waals surface area contributed by atoms with E-state index in [1.54, 1.807) is 18.2 Å². The van der Waals surface area contributed by atoms with E-state index in [0.717, 1.165) is 5.56 Å². The van der Waals surface area contributed by atoms with Crippen molar-refractivity contribution in [2.75, 3.05) is 6.54 Å². The van der Waals surface area contributed by atoms with Crippen molar-refractivity contribution >= 4 is 21.1 Å². The number of aromatic nitrogens is 2. The van der Waals surface area contributed by atoms with E-state index in [4.69, 9.17) is 0 Å². The smallest absolute Gasteiger partial charge is 0.243 e. The van der Waals surface area contributed by atoms with Crippen LogP contribution in [0, 0.1) is 0 Å². The van der Waals surface area contributed by atoms with Crippen LogP contribution in [0.3, 0.4) is 0 Å². The van der Waals surface area contributed by atoms with Crippen LogP contribution in [0.4, 0.5) is 0 Å². The van der Waals surface area contributed by atoms with Crippen LogP contribution in [-0.2, 0) is 23.0 Å². The number of nitrogens with zero attached hydrogens (tertiary/aromatic N) is 3. The number of rotatable bonds is 2. The highest BCUT2D eigenvalue weighted by Crippen LogP contribution is 2.27. The van der Waals surface area contributed by atoms with Crippen molar-refractivity contribution in [3.63, 3.8) is 0 Å². The minimum absolute atomic E-state index is 0.144. The zero-order valence-electron chi connectivity index (χ0n) is 11.6. The lowest BCUT2D eigenvalue weighted by Crippen LogP contribution is -2.36. The van der Waals surface area contributed by atoms with Crippen molar-refractivity contribution in [1.29, 1.82) is 0 Å². The first-order valence-electron chi connectivity index (χ1n) is 6.94. The standard InChI is InChI=1S/C15H13N3O3S/c19-22(20,14-7-3-6-13-15(14)17-21-16-13)18-9-8-11-4-1-2-5-12(11)10-18/h1-7H,8-10H2. The Balaban J connectivity index is 1.78. The lowest BCUT2D eigenvalue weighted by Gasteiger charge is -2.28. The molecule has 0 aliphatic carbocycles. The molecule has 112 valence electrons. The molecule has 0 saturated heterocycles. The van der Waals surface area contributed by atoms with E-state index in [1.165, 1.54) is 9.87 Å². The summed E-state index contributed by atoms with van der Waals surface area (Å²) in [5.41, 5.74) is 2.97. The molecule has 4 rings (SSSR count). The van der Waals surface area contributed by atoms with Gasteiger partial charge >= 0.3 is 0 Å². The minimum atomic E-state index is -3.63. The van der Waals surface area contributed by atoms with E-state index in [-0.39, 0.29) is 10.4 Å². The summed E-state index contributed by atoms with van der Waals surface area (Å²) in [6.07, 6.45) is 0.711. The molecule has 6 nitrogen and oxygen atoms in total. The molecule has 0 amide bonds. The summed E-state index contributed by atoms with van der Waals surface area (Å²) < 4.78 is 32.0. The van der Waals surface area contributed by atoms with E-state index >= 15 is 0 Å². The van der Waals surface area contributed by atoms with E-state index in [1.807, 2.05) is 24.3 Å². The predicted octanol–water partition coefficient (Wildman–Crippen LogP) is 1.97. The van der Waals surface area contributed by atoms with Crippen LogP contribution in [-0.4, -0.2) is 29.6 Å². The summed E-state index contributed by atoms with van der Waals surface area (Å²) >= 11 is 0. The first kappa shape index (κ1) is 13.4. The lowest BCUT2D eigenvalue weighted by atomic mass is 10.0. The molecular weight excluding hydrogens is 302 g/mol. The highest BCUT2D eigenvalue weighted by molar-refractivity contribution is 7.89. The van der Waals surface area contributed by atoms with Gasteiger partial charge in [0.1, 0.15) is 10.4 Å². The van der Waals surface area contributed by atoms with Crippen LogP contribution in [0.25, 0.3) is 11.0 Å². The van der Waals surface area contributed by atoms with Crippen molar-refractivity contribution in [1.82, 2.24) is 14.6 Å². The normalized spacial score (nSPS) is 15.8. The Labute approximate surface area is 127 Å². The van der Waals surface area contributed by atoms with Gasteiger partial charge in [-0.3, -0.25) is 0 Å². The topological polar surface area (TPSA) is 76.3 Å². The van der Waals surface area contributed by atoms with Crippen LogP contribution in [0.1, 0.15) is 11.1 Å². The fourth-order valence-corrected chi connectivity index (χ4v) is 4.36. The zero-order valence-corrected chi connectivity index (χ0v) is 12.5. The quantitative estimate of drug-likeness (QED) is 0.722. The Morgan fingerprint density at radius 2 is 1.82 bits per heavy atom. The molecule has 0 radical (unpaired) electrons. The van der Waals surface area contributed by atoms with Gasteiger partial charge in [-0.1, -0.05) is 30.3 Å². The van der Waals surface area contributed by atoms with E-state index in [9.17, 15) is 8.42 Å². The molecule has 2 aromatic carbocycles. The van der Waals surface area contributed by atoms with Crippen molar-refractivity contribution in [3.05, 3.63) is 53.6 Å². The highest BCUT2D eigenvalue weighted by atomic mass is 32.2. The maximum Gasteiger partial charge on any atom is 0.245 e. The second kappa shape index (κ2) is 4.89. The number of benzene rings is 2. The highest BCUT2D eigenvalue weighted by Gasteiger charge is 2.30. The molecule has 2 heterocycles. The molecule has 1 aromatic heterocycles. The third kappa shape index (κ3) is 2.01. The second-order valence-electron chi connectivity index (χ2n) is 5.25. The predicted molar refractivity (Wildman–Crippen MR) is 79.5 cm³/mol. The van der Waals surface area contributed by atoms with Gasteiger partial charge in [0.2, 0.25) is 10.0 Å². The van der Waals surface area contributed by atoms with Crippen molar-refractivity contribution < 1.29 is 13.0 Å². The van der Waals surface area contributed by atoms with Crippen LogP contribution in [0.5, 0.6) is 0 Å². The van der Waals surface area contributed by atoms with Crippen molar-refractivity contribution in [2.24, 2.45) is 0 Å². The number of hydrogen-bond donors (Lipinski definition) is 0. The van der Waals surface area contributed by atoms with Gasteiger partial charge in [-0.25, -0.2) is 13.0 Å². The monoisotopic (exact) mass is 315 g/mol. The molecule has 0 fully saturated rings. The number of sulfonamides is 1. The van der Waals surface area contributed by atoms with E-state index in [2.05, 4.69) is 14.9 Å². The molecular formula is C15H13N3O3S. The third-order valence-electron chi connectivity index (χ3n) is 3.96. The van der Waals surface area contributed by atoms with Gasteiger partial charge in [-0.2, -0.15) is 4.31 Å². The molecule has 0 saturated carbocycles. The van der Waals surface area contributed by atoms with Crippen LogP contribution >= 0.6 is 0 Å². The Bertz CT molecular complexity index is 949. The van der Waals surface area contributed by atoms with E-state index < -0.39 is 10.0 Å². The number of hydrogen-bond acceptors (Lipinski definition) is 5. The third-order valence-corrected chi connectivity index (χ3v) is 5.84. The molecule has 1 aliphatic rings. The summed E-state index contributed by atoms with van der Waals surface area (Å²) in [6, 6.07) is 12.8. The lowest BCUT2D eigenvalue weighted by molar-refractivity contribution is 0.315. The average molecular weight is 315 g/mol. The van der Waals surface area contributed by atoms with Gasteiger partial charge in [0.25, 0.3) is 0 Å². The summed E-state index contributed by atoms with van der Waals surface area (Å²) in [6.45, 7) is 0.835. The summed E-state index contributed by atoms with van der Waals surface area (Å²) in [7, 11) is -3.63. The van der Waals surface area contributed by atoms with Gasteiger partial charge < -0.3 is 0 Å². The molecule has 0 unspecified atom stereocenters. The van der Waals surface area contributed by atoms with E-state index in [0.29, 0.717) is 25.0 Å². The summed E-state index contributed by atoms with van der Waals surface area (Å²) in [4.78, 5) is 0.144. The molecule has 3 aromatic rings. The van der Waals surface area contributed by atoms with Crippen molar-refractivity contribution in [2.45, 2.75) is 17.9 Å². The van der Waals surface area contributed by atoms with Gasteiger partial charge in [-0.15, -0.1) is 0 Å². The van der Waals surface area contributed by atoms with Crippen LogP contribution in [0.2, 0.25) is 0 Å². The SMILES string of the molecule is O=S(=O)(c1cccc2nonc12)N1CCc2ccccc2C1. The first-order chi connectivity index (χ1) is 10.7. The molecule has 22 heavy (non-hydrogen) atoms. The molecule has 7 heteroatoms. The fourth-order valence-electron chi connectivity index (χ4n) is 2.80. The maximum absolute atomic E-state index is 12.9. The van der Waals surface area contributed by atoms with Crippen molar-refractivity contribution in [3.8, 4) is 0 Å². The largest absolute Gasteiger partial charge is 0.245 e. The van der Waals surface area contributed by atoms with Crippen LogP contribution < -0.4 is 0 Å². The number of fused-ring (bicyclic) bond motifs is 2. The Morgan fingerprint density at radius 3 is 2.68 bits per heavy atom. The maximum atomic E-state index is 12.9.